The third kappa shape index (κ3) is 2.74. The first kappa shape index (κ1) is 12.9. The van der Waals surface area contributed by atoms with E-state index in [2.05, 4.69) is 29.9 Å². The zero-order valence-corrected chi connectivity index (χ0v) is 11.8. The number of nitrogen functional groups attached to an aromatic ring is 1. The van der Waals surface area contributed by atoms with Gasteiger partial charge < -0.3 is 10.5 Å². The lowest BCUT2D eigenvalue weighted by Gasteiger charge is -2.13. The number of rotatable bonds is 4. The smallest absolute Gasteiger partial charge is 0.224 e. The molecule has 0 aliphatic heterocycles. The van der Waals surface area contributed by atoms with E-state index >= 15 is 0 Å². The minimum atomic E-state index is 0.397. The van der Waals surface area contributed by atoms with Gasteiger partial charge in [0.2, 0.25) is 5.88 Å². The van der Waals surface area contributed by atoms with Gasteiger partial charge in [0.15, 0.2) is 0 Å². The maximum Gasteiger partial charge on any atom is 0.224 e. The summed E-state index contributed by atoms with van der Waals surface area (Å²) in [4.78, 5) is 8.76. The maximum absolute atomic E-state index is 5.94. The molecule has 0 spiro atoms. The highest BCUT2D eigenvalue weighted by Gasteiger charge is 2.27. The molecule has 0 bridgehead atoms. The Balaban J connectivity index is 1.91. The van der Waals surface area contributed by atoms with Crippen LogP contribution in [0.15, 0.2) is 30.3 Å². The van der Waals surface area contributed by atoms with Crippen LogP contribution in [-0.2, 0) is 0 Å². The van der Waals surface area contributed by atoms with Crippen molar-refractivity contribution in [2.24, 2.45) is 0 Å². The summed E-state index contributed by atoms with van der Waals surface area (Å²) in [5.41, 5.74) is 7.01. The fourth-order valence-corrected chi connectivity index (χ4v) is 2.20. The molecule has 1 heterocycles. The van der Waals surface area contributed by atoms with E-state index in [9.17, 15) is 0 Å². The molecule has 1 aliphatic rings. The zero-order chi connectivity index (χ0) is 14.1. The van der Waals surface area contributed by atoms with E-state index in [-0.39, 0.29) is 0 Å². The van der Waals surface area contributed by atoms with E-state index in [1.165, 1.54) is 0 Å². The Labute approximate surface area is 119 Å². The molecule has 0 amide bonds. The highest BCUT2D eigenvalue weighted by molar-refractivity contribution is 5.41. The molecule has 1 aromatic heterocycles. The topological polar surface area (TPSA) is 61.0 Å². The monoisotopic (exact) mass is 269 g/mol. The normalized spacial score (nSPS) is 14.6. The summed E-state index contributed by atoms with van der Waals surface area (Å²) in [7, 11) is 0. The van der Waals surface area contributed by atoms with Gasteiger partial charge in [-0.3, -0.25) is 0 Å². The summed E-state index contributed by atoms with van der Waals surface area (Å²) < 4.78 is 5.94. The number of para-hydroxylation sites is 1. The number of nitrogens with zero attached hydrogens (tertiary/aromatic N) is 2. The first-order valence-electron chi connectivity index (χ1n) is 7.04. The lowest BCUT2D eigenvalue weighted by molar-refractivity contribution is 0.451. The lowest BCUT2D eigenvalue weighted by Crippen LogP contribution is -2.01. The Hall–Kier alpha value is -2.10. The molecule has 4 heteroatoms. The Morgan fingerprint density at radius 2 is 1.95 bits per heavy atom. The molecule has 3 rings (SSSR count). The van der Waals surface area contributed by atoms with Gasteiger partial charge >= 0.3 is 0 Å². The van der Waals surface area contributed by atoms with Crippen LogP contribution in [0.4, 0.5) is 5.82 Å². The van der Waals surface area contributed by atoms with Crippen LogP contribution >= 0.6 is 0 Å². The fourth-order valence-electron chi connectivity index (χ4n) is 2.20. The average Bonchev–Trinajstić information content (AvgIpc) is 3.22. The number of hydrogen-bond acceptors (Lipinski definition) is 4. The van der Waals surface area contributed by atoms with Crippen LogP contribution in [0, 0.1) is 0 Å². The van der Waals surface area contributed by atoms with Gasteiger partial charge in [-0.05, 0) is 30.4 Å². The first-order valence-corrected chi connectivity index (χ1v) is 7.04. The van der Waals surface area contributed by atoms with Gasteiger partial charge in [0.05, 0.1) is 0 Å². The SMILES string of the molecule is CC(C)c1ccccc1Oc1cc(N)nc(C2CC2)n1. The van der Waals surface area contributed by atoms with Crippen molar-refractivity contribution in [1.29, 1.82) is 0 Å². The first-order chi connectivity index (χ1) is 9.63. The fraction of sp³-hybridized carbons (Fsp3) is 0.375. The van der Waals surface area contributed by atoms with Crippen LogP contribution in [0.25, 0.3) is 0 Å². The quantitative estimate of drug-likeness (QED) is 0.915. The van der Waals surface area contributed by atoms with Crippen LogP contribution in [0.5, 0.6) is 11.6 Å². The number of benzene rings is 1. The summed E-state index contributed by atoms with van der Waals surface area (Å²) in [6.45, 7) is 4.29. The van der Waals surface area contributed by atoms with Crippen LogP contribution in [-0.4, -0.2) is 9.97 Å². The molecule has 1 aliphatic carbocycles. The number of anilines is 1. The standard InChI is InChI=1S/C16H19N3O/c1-10(2)12-5-3-4-6-13(12)20-15-9-14(17)18-16(19-15)11-7-8-11/h3-6,9-11H,7-8H2,1-2H3,(H2,17,18,19). The molecule has 104 valence electrons. The largest absolute Gasteiger partial charge is 0.439 e. The van der Waals surface area contributed by atoms with Crippen molar-refractivity contribution in [2.75, 3.05) is 5.73 Å². The average molecular weight is 269 g/mol. The van der Waals surface area contributed by atoms with E-state index in [4.69, 9.17) is 10.5 Å². The zero-order valence-electron chi connectivity index (χ0n) is 11.8. The van der Waals surface area contributed by atoms with E-state index < -0.39 is 0 Å². The second-order valence-electron chi connectivity index (χ2n) is 5.56. The number of hydrogen-bond donors (Lipinski definition) is 1. The van der Waals surface area contributed by atoms with Crippen molar-refractivity contribution in [2.45, 2.75) is 38.5 Å². The molecule has 1 saturated carbocycles. The highest BCUT2D eigenvalue weighted by atomic mass is 16.5. The van der Waals surface area contributed by atoms with E-state index in [1.54, 1.807) is 6.07 Å². The Morgan fingerprint density at radius 1 is 1.20 bits per heavy atom. The Bertz CT molecular complexity index is 621. The molecular formula is C16H19N3O. The number of nitrogens with two attached hydrogens (primary N) is 1. The molecule has 0 saturated heterocycles. The van der Waals surface area contributed by atoms with Gasteiger partial charge in [-0.25, -0.2) is 4.98 Å². The van der Waals surface area contributed by atoms with E-state index in [1.807, 2.05) is 18.2 Å². The van der Waals surface area contributed by atoms with Crippen LogP contribution < -0.4 is 10.5 Å². The second kappa shape index (κ2) is 5.12. The lowest BCUT2D eigenvalue weighted by atomic mass is 10.0. The van der Waals surface area contributed by atoms with Crippen LogP contribution in [0.1, 0.15) is 49.9 Å². The third-order valence-corrected chi connectivity index (χ3v) is 3.44. The Kier molecular flexibility index (Phi) is 3.30. The summed E-state index contributed by atoms with van der Waals surface area (Å²) in [5.74, 6) is 3.50. The molecule has 0 radical (unpaired) electrons. The van der Waals surface area contributed by atoms with Gasteiger partial charge in [-0.15, -0.1) is 0 Å². The van der Waals surface area contributed by atoms with Crippen molar-refractivity contribution in [1.82, 2.24) is 9.97 Å². The second-order valence-corrected chi connectivity index (χ2v) is 5.56. The number of ether oxygens (including phenoxy) is 1. The molecule has 1 aromatic carbocycles. The summed E-state index contributed by atoms with van der Waals surface area (Å²) in [5, 5.41) is 0. The molecular weight excluding hydrogens is 250 g/mol. The molecule has 0 atom stereocenters. The molecule has 2 aromatic rings. The summed E-state index contributed by atoms with van der Waals surface area (Å²) in [6, 6.07) is 9.71. The highest BCUT2D eigenvalue weighted by Crippen LogP contribution is 2.39. The predicted octanol–water partition coefficient (Wildman–Crippen LogP) is 3.85. The van der Waals surface area contributed by atoms with Crippen molar-refractivity contribution in [3.63, 3.8) is 0 Å². The minimum Gasteiger partial charge on any atom is -0.439 e. The molecule has 4 nitrogen and oxygen atoms in total. The van der Waals surface area contributed by atoms with Gasteiger partial charge in [-0.1, -0.05) is 32.0 Å². The van der Waals surface area contributed by atoms with Crippen molar-refractivity contribution >= 4 is 5.82 Å². The van der Waals surface area contributed by atoms with E-state index in [0.29, 0.717) is 23.5 Å². The predicted molar refractivity (Wildman–Crippen MR) is 79.0 cm³/mol. The molecule has 20 heavy (non-hydrogen) atoms. The molecule has 2 N–H and O–H groups in total. The van der Waals surface area contributed by atoms with E-state index in [0.717, 1.165) is 30.0 Å². The summed E-state index contributed by atoms with van der Waals surface area (Å²) in [6.07, 6.45) is 2.29. The van der Waals surface area contributed by atoms with Gasteiger partial charge in [0.1, 0.15) is 17.4 Å². The van der Waals surface area contributed by atoms with Crippen molar-refractivity contribution < 1.29 is 4.74 Å². The van der Waals surface area contributed by atoms with Crippen molar-refractivity contribution in [3.05, 3.63) is 41.7 Å². The summed E-state index contributed by atoms with van der Waals surface area (Å²) >= 11 is 0. The molecule has 1 fully saturated rings. The van der Waals surface area contributed by atoms with Gasteiger partial charge in [0.25, 0.3) is 0 Å². The third-order valence-electron chi connectivity index (χ3n) is 3.44. The number of aromatic nitrogens is 2. The van der Waals surface area contributed by atoms with Crippen LogP contribution in [0.3, 0.4) is 0 Å². The molecule has 0 unspecified atom stereocenters. The van der Waals surface area contributed by atoms with Crippen molar-refractivity contribution in [3.8, 4) is 11.6 Å². The van der Waals surface area contributed by atoms with Gasteiger partial charge in [-0.2, -0.15) is 4.98 Å². The maximum atomic E-state index is 5.94. The minimum absolute atomic E-state index is 0.397. The Morgan fingerprint density at radius 3 is 2.65 bits per heavy atom. The van der Waals surface area contributed by atoms with Gasteiger partial charge in [0, 0.05) is 12.0 Å². The van der Waals surface area contributed by atoms with Crippen LogP contribution in [0.2, 0.25) is 0 Å².